The lowest BCUT2D eigenvalue weighted by Crippen LogP contribution is -2.11. The smallest absolute Gasteiger partial charge is 0.272 e. The Bertz CT molecular complexity index is 817. The minimum Gasteiger partial charge on any atom is -0.497 e. The quantitative estimate of drug-likeness (QED) is 0.777. The highest BCUT2D eigenvalue weighted by Gasteiger charge is 2.12. The van der Waals surface area contributed by atoms with Gasteiger partial charge in [0.05, 0.1) is 19.0 Å². The van der Waals surface area contributed by atoms with Gasteiger partial charge < -0.3 is 15.0 Å². The second-order valence-corrected chi connectivity index (χ2v) is 5.39. The number of fused-ring (bicyclic) bond motifs is 1. The predicted molar refractivity (Wildman–Crippen MR) is 85.4 cm³/mol. The highest BCUT2D eigenvalue weighted by molar-refractivity contribution is 6.05. The van der Waals surface area contributed by atoms with E-state index in [-0.39, 0.29) is 11.9 Å². The number of nitrogens with one attached hydrogen (secondary N) is 2. The number of benzene rings is 1. The number of rotatable bonds is 4. The Morgan fingerprint density at radius 3 is 2.86 bits per heavy atom. The van der Waals surface area contributed by atoms with Crippen LogP contribution in [0.15, 0.2) is 36.7 Å². The molecule has 3 aromatic rings. The number of ether oxygens (including phenoxy) is 1. The van der Waals surface area contributed by atoms with E-state index < -0.39 is 0 Å². The first-order valence-corrected chi connectivity index (χ1v) is 7.09. The van der Waals surface area contributed by atoms with Gasteiger partial charge in [0.2, 0.25) is 0 Å². The Labute approximate surface area is 128 Å². The van der Waals surface area contributed by atoms with E-state index in [0.717, 1.165) is 16.7 Å². The zero-order chi connectivity index (χ0) is 15.7. The Kier molecular flexibility index (Phi) is 3.58. The van der Waals surface area contributed by atoms with Gasteiger partial charge in [-0.1, -0.05) is 0 Å². The Morgan fingerprint density at radius 1 is 1.36 bits per heavy atom. The topological polar surface area (TPSA) is 71.9 Å². The molecule has 0 bridgehead atoms. The van der Waals surface area contributed by atoms with Crippen LogP contribution in [-0.4, -0.2) is 27.8 Å². The summed E-state index contributed by atoms with van der Waals surface area (Å²) in [6, 6.07) is 7.69. The number of H-pyrrole nitrogens is 1. The lowest BCUT2D eigenvalue weighted by molar-refractivity contribution is 0.102. The van der Waals surface area contributed by atoms with E-state index in [1.165, 1.54) is 0 Å². The predicted octanol–water partition coefficient (Wildman–Crippen LogP) is 3.21. The molecule has 1 aromatic carbocycles. The molecule has 0 atom stereocenters. The molecule has 0 fully saturated rings. The van der Waals surface area contributed by atoms with Crippen molar-refractivity contribution in [3.8, 4) is 5.75 Å². The molecule has 0 saturated carbocycles. The van der Waals surface area contributed by atoms with Gasteiger partial charge in [-0.15, -0.1) is 0 Å². The van der Waals surface area contributed by atoms with Crippen LogP contribution < -0.4 is 10.1 Å². The van der Waals surface area contributed by atoms with Crippen LogP contribution in [-0.2, 0) is 0 Å². The van der Waals surface area contributed by atoms with E-state index in [1.807, 2.05) is 38.2 Å². The Balaban J connectivity index is 1.82. The SMILES string of the molecule is COc1ccc2[nH]c(C(=O)Nc3cnn(C(C)C)c3)cc2c1. The summed E-state index contributed by atoms with van der Waals surface area (Å²) in [7, 11) is 1.62. The molecule has 2 aromatic heterocycles. The van der Waals surface area contributed by atoms with E-state index >= 15 is 0 Å². The van der Waals surface area contributed by atoms with Gasteiger partial charge in [-0.05, 0) is 38.1 Å². The highest BCUT2D eigenvalue weighted by Crippen LogP contribution is 2.22. The number of methoxy groups -OCH3 is 1. The second-order valence-electron chi connectivity index (χ2n) is 5.39. The number of hydrogen-bond donors (Lipinski definition) is 2. The third-order valence-corrected chi connectivity index (χ3v) is 3.46. The number of hydrogen-bond acceptors (Lipinski definition) is 3. The summed E-state index contributed by atoms with van der Waals surface area (Å²) in [6.07, 6.45) is 3.46. The molecule has 0 spiro atoms. The summed E-state index contributed by atoms with van der Waals surface area (Å²) in [5.74, 6) is 0.565. The average molecular weight is 298 g/mol. The number of carbonyl (C=O) groups is 1. The lowest BCUT2D eigenvalue weighted by atomic mass is 10.2. The standard InChI is InChI=1S/C16H18N4O2/c1-10(2)20-9-12(8-17-20)18-16(21)15-7-11-6-13(22-3)4-5-14(11)19-15/h4-10,19H,1-3H3,(H,18,21). The molecule has 6 nitrogen and oxygen atoms in total. The van der Waals surface area contributed by atoms with E-state index in [1.54, 1.807) is 24.1 Å². The molecule has 114 valence electrons. The molecule has 22 heavy (non-hydrogen) atoms. The number of nitrogens with zero attached hydrogens (tertiary/aromatic N) is 2. The molecule has 6 heteroatoms. The zero-order valence-corrected chi connectivity index (χ0v) is 12.8. The van der Waals surface area contributed by atoms with Crippen LogP contribution in [0.25, 0.3) is 10.9 Å². The monoisotopic (exact) mass is 298 g/mol. The van der Waals surface area contributed by atoms with Crippen molar-refractivity contribution in [2.24, 2.45) is 0 Å². The molecule has 0 aliphatic heterocycles. The van der Waals surface area contributed by atoms with Crippen LogP contribution in [0.5, 0.6) is 5.75 Å². The van der Waals surface area contributed by atoms with Crippen LogP contribution in [0, 0.1) is 0 Å². The first-order valence-electron chi connectivity index (χ1n) is 7.09. The molecular formula is C16H18N4O2. The minimum atomic E-state index is -0.196. The van der Waals surface area contributed by atoms with Gasteiger partial charge in [-0.3, -0.25) is 9.48 Å². The minimum absolute atomic E-state index is 0.196. The van der Waals surface area contributed by atoms with E-state index in [4.69, 9.17) is 4.74 Å². The fourth-order valence-electron chi connectivity index (χ4n) is 2.24. The number of carbonyl (C=O) groups excluding carboxylic acids is 1. The zero-order valence-electron chi connectivity index (χ0n) is 12.8. The van der Waals surface area contributed by atoms with Gasteiger partial charge in [0.25, 0.3) is 5.91 Å². The van der Waals surface area contributed by atoms with Crippen molar-refractivity contribution in [3.63, 3.8) is 0 Å². The molecule has 0 saturated heterocycles. The molecule has 2 heterocycles. The first-order chi connectivity index (χ1) is 10.6. The highest BCUT2D eigenvalue weighted by atomic mass is 16.5. The summed E-state index contributed by atoms with van der Waals surface area (Å²) in [6.45, 7) is 4.06. The van der Waals surface area contributed by atoms with Crippen molar-refractivity contribution in [2.45, 2.75) is 19.9 Å². The summed E-state index contributed by atoms with van der Waals surface area (Å²) in [4.78, 5) is 15.4. The van der Waals surface area contributed by atoms with Gasteiger partial charge in [0.1, 0.15) is 11.4 Å². The molecule has 0 aliphatic carbocycles. The van der Waals surface area contributed by atoms with Crippen molar-refractivity contribution >= 4 is 22.5 Å². The second kappa shape index (κ2) is 5.55. The Hall–Kier alpha value is -2.76. The van der Waals surface area contributed by atoms with E-state index in [0.29, 0.717) is 11.4 Å². The van der Waals surface area contributed by atoms with E-state index in [2.05, 4.69) is 15.4 Å². The summed E-state index contributed by atoms with van der Waals surface area (Å²) < 4.78 is 6.98. The van der Waals surface area contributed by atoms with Crippen molar-refractivity contribution in [3.05, 3.63) is 42.4 Å². The van der Waals surface area contributed by atoms with Crippen LogP contribution >= 0.6 is 0 Å². The third-order valence-electron chi connectivity index (χ3n) is 3.46. The van der Waals surface area contributed by atoms with Crippen molar-refractivity contribution < 1.29 is 9.53 Å². The average Bonchev–Trinajstić information content (AvgIpc) is 3.12. The normalized spacial score (nSPS) is 11.1. The maximum Gasteiger partial charge on any atom is 0.272 e. The van der Waals surface area contributed by atoms with Gasteiger partial charge in [-0.25, -0.2) is 0 Å². The molecule has 0 aliphatic rings. The van der Waals surface area contributed by atoms with Crippen molar-refractivity contribution in [1.82, 2.24) is 14.8 Å². The number of anilines is 1. The number of aromatic amines is 1. The van der Waals surface area contributed by atoms with Crippen LogP contribution in [0.1, 0.15) is 30.4 Å². The molecule has 1 amide bonds. The van der Waals surface area contributed by atoms with Crippen molar-refractivity contribution in [2.75, 3.05) is 12.4 Å². The summed E-state index contributed by atoms with van der Waals surface area (Å²) in [5.41, 5.74) is 2.07. The largest absolute Gasteiger partial charge is 0.497 e. The van der Waals surface area contributed by atoms with Crippen molar-refractivity contribution in [1.29, 1.82) is 0 Å². The maximum absolute atomic E-state index is 12.3. The summed E-state index contributed by atoms with van der Waals surface area (Å²) >= 11 is 0. The molecule has 0 radical (unpaired) electrons. The molecule has 0 unspecified atom stereocenters. The van der Waals surface area contributed by atoms with Gasteiger partial charge in [0, 0.05) is 23.1 Å². The molecular weight excluding hydrogens is 280 g/mol. The van der Waals surface area contributed by atoms with Crippen LogP contribution in [0.3, 0.4) is 0 Å². The van der Waals surface area contributed by atoms with Crippen LogP contribution in [0.4, 0.5) is 5.69 Å². The van der Waals surface area contributed by atoms with Gasteiger partial charge >= 0.3 is 0 Å². The Morgan fingerprint density at radius 2 is 2.18 bits per heavy atom. The lowest BCUT2D eigenvalue weighted by Gasteiger charge is -2.03. The molecule has 3 rings (SSSR count). The molecule has 2 N–H and O–H groups in total. The van der Waals surface area contributed by atoms with E-state index in [9.17, 15) is 4.79 Å². The number of amides is 1. The van der Waals surface area contributed by atoms with Crippen LogP contribution in [0.2, 0.25) is 0 Å². The number of aromatic nitrogens is 3. The van der Waals surface area contributed by atoms with Gasteiger partial charge in [0.15, 0.2) is 0 Å². The summed E-state index contributed by atoms with van der Waals surface area (Å²) in [5, 5.41) is 7.97. The van der Waals surface area contributed by atoms with Gasteiger partial charge in [-0.2, -0.15) is 5.10 Å². The first kappa shape index (κ1) is 14.2. The fourth-order valence-corrected chi connectivity index (χ4v) is 2.24. The third kappa shape index (κ3) is 2.67. The fraction of sp³-hybridized carbons (Fsp3) is 0.250. The maximum atomic E-state index is 12.3.